The summed E-state index contributed by atoms with van der Waals surface area (Å²) in [6.45, 7) is 4.12. The molecule has 1 aromatic rings. The first kappa shape index (κ1) is 14.9. The molecule has 2 unspecified atom stereocenters. The Balaban J connectivity index is 2.11. The first-order chi connectivity index (χ1) is 9.52. The molecule has 0 bridgehead atoms. The van der Waals surface area contributed by atoms with E-state index >= 15 is 0 Å². The Kier molecular flexibility index (Phi) is 4.67. The number of nitro benzene ring substituents is 1. The first-order valence-electron chi connectivity index (χ1n) is 6.92. The van der Waals surface area contributed by atoms with E-state index < -0.39 is 16.4 Å². The highest BCUT2D eigenvalue weighted by molar-refractivity contribution is 5.36. The molecule has 1 aromatic carbocycles. The van der Waals surface area contributed by atoms with Crippen LogP contribution in [0.4, 0.5) is 10.1 Å². The van der Waals surface area contributed by atoms with Crippen LogP contribution in [0.1, 0.15) is 25.3 Å². The molecule has 5 nitrogen and oxygen atoms in total. The van der Waals surface area contributed by atoms with E-state index in [4.69, 9.17) is 5.73 Å². The van der Waals surface area contributed by atoms with Crippen molar-refractivity contribution in [1.82, 2.24) is 4.90 Å². The second-order valence-corrected chi connectivity index (χ2v) is 5.36. The largest absolute Gasteiger partial charge is 0.327 e. The molecule has 0 amide bonds. The van der Waals surface area contributed by atoms with E-state index in [0.29, 0.717) is 18.0 Å². The molecule has 0 aromatic heterocycles. The minimum absolute atomic E-state index is 0.200. The minimum Gasteiger partial charge on any atom is -0.327 e. The molecule has 2 rings (SSSR count). The second kappa shape index (κ2) is 6.28. The number of rotatable bonds is 4. The highest BCUT2D eigenvalue weighted by Crippen LogP contribution is 2.24. The van der Waals surface area contributed by atoms with Gasteiger partial charge in [-0.1, -0.05) is 25.5 Å². The van der Waals surface area contributed by atoms with Crippen molar-refractivity contribution in [3.05, 3.63) is 39.7 Å². The average Bonchev–Trinajstić information content (AvgIpc) is 2.42. The molecule has 6 heteroatoms. The van der Waals surface area contributed by atoms with Crippen molar-refractivity contribution < 1.29 is 9.31 Å². The van der Waals surface area contributed by atoms with Crippen LogP contribution in [0.3, 0.4) is 0 Å². The maximum atomic E-state index is 14.0. The summed E-state index contributed by atoms with van der Waals surface area (Å²) >= 11 is 0. The van der Waals surface area contributed by atoms with Crippen LogP contribution >= 0.6 is 0 Å². The molecule has 1 saturated heterocycles. The average molecular weight is 281 g/mol. The quantitative estimate of drug-likeness (QED) is 0.679. The highest BCUT2D eigenvalue weighted by atomic mass is 19.1. The zero-order valence-electron chi connectivity index (χ0n) is 11.6. The van der Waals surface area contributed by atoms with E-state index in [1.165, 1.54) is 12.1 Å². The number of nitrogens with zero attached hydrogens (tertiary/aromatic N) is 2. The molecule has 1 fully saturated rings. The van der Waals surface area contributed by atoms with Gasteiger partial charge in [0, 0.05) is 30.8 Å². The SMILES string of the molecule is CCC1CN(Cc2cccc([N+](=O)[O-])c2F)CCC1N. The number of hydrogen-bond donors (Lipinski definition) is 1. The van der Waals surface area contributed by atoms with Crippen LogP contribution in [0.2, 0.25) is 0 Å². The van der Waals surface area contributed by atoms with Gasteiger partial charge in [-0.25, -0.2) is 0 Å². The Morgan fingerprint density at radius 2 is 2.30 bits per heavy atom. The lowest BCUT2D eigenvalue weighted by Crippen LogP contribution is -2.46. The molecule has 110 valence electrons. The fourth-order valence-corrected chi connectivity index (χ4v) is 2.77. The Hall–Kier alpha value is -1.53. The van der Waals surface area contributed by atoms with E-state index in [-0.39, 0.29) is 6.04 Å². The van der Waals surface area contributed by atoms with Crippen molar-refractivity contribution in [2.24, 2.45) is 11.7 Å². The van der Waals surface area contributed by atoms with Gasteiger partial charge >= 0.3 is 5.69 Å². The van der Waals surface area contributed by atoms with Crippen molar-refractivity contribution in [3.8, 4) is 0 Å². The number of piperidine rings is 1. The van der Waals surface area contributed by atoms with E-state index in [1.54, 1.807) is 6.07 Å². The number of hydrogen-bond acceptors (Lipinski definition) is 4. The predicted molar refractivity (Wildman–Crippen MR) is 74.7 cm³/mol. The van der Waals surface area contributed by atoms with Gasteiger partial charge < -0.3 is 5.73 Å². The third kappa shape index (κ3) is 3.13. The van der Waals surface area contributed by atoms with E-state index in [9.17, 15) is 14.5 Å². The maximum Gasteiger partial charge on any atom is 0.305 e. The Morgan fingerprint density at radius 3 is 2.95 bits per heavy atom. The van der Waals surface area contributed by atoms with Crippen LogP contribution in [-0.2, 0) is 6.54 Å². The molecule has 2 N–H and O–H groups in total. The van der Waals surface area contributed by atoms with Gasteiger partial charge in [-0.15, -0.1) is 0 Å². The van der Waals surface area contributed by atoms with Gasteiger partial charge in [0.1, 0.15) is 0 Å². The highest BCUT2D eigenvalue weighted by Gasteiger charge is 2.26. The lowest BCUT2D eigenvalue weighted by atomic mass is 9.90. The van der Waals surface area contributed by atoms with Crippen molar-refractivity contribution in [2.45, 2.75) is 32.4 Å². The molecular formula is C14H20FN3O2. The summed E-state index contributed by atoms with van der Waals surface area (Å²) in [5.74, 6) is -0.314. The summed E-state index contributed by atoms with van der Waals surface area (Å²) in [5.41, 5.74) is 5.97. The normalized spacial score (nSPS) is 23.8. The lowest BCUT2D eigenvalue weighted by Gasteiger charge is -2.36. The van der Waals surface area contributed by atoms with Gasteiger partial charge in [0.2, 0.25) is 5.82 Å². The molecule has 20 heavy (non-hydrogen) atoms. The second-order valence-electron chi connectivity index (χ2n) is 5.36. The van der Waals surface area contributed by atoms with Gasteiger partial charge in [0.05, 0.1) is 4.92 Å². The smallest absolute Gasteiger partial charge is 0.305 e. The molecule has 1 aliphatic rings. The number of benzene rings is 1. The summed E-state index contributed by atoms with van der Waals surface area (Å²) < 4.78 is 14.0. The molecular weight excluding hydrogens is 261 g/mol. The fourth-order valence-electron chi connectivity index (χ4n) is 2.77. The zero-order chi connectivity index (χ0) is 14.7. The molecule has 2 atom stereocenters. The van der Waals surface area contributed by atoms with Crippen LogP contribution in [0.25, 0.3) is 0 Å². The standard InChI is InChI=1S/C14H20FN3O2/c1-2-10-8-17(7-6-12(10)16)9-11-4-3-5-13(14(11)15)18(19)20/h3-5,10,12H,2,6-9,16H2,1H3. The number of nitro groups is 1. The zero-order valence-corrected chi connectivity index (χ0v) is 11.6. The molecule has 0 spiro atoms. The maximum absolute atomic E-state index is 14.0. The molecule has 1 heterocycles. The fraction of sp³-hybridized carbons (Fsp3) is 0.571. The molecule has 0 radical (unpaired) electrons. The van der Waals surface area contributed by atoms with Gasteiger partial charge in [0.15, 0.2) is 0 Å². The number of nitrogens with two attached hydrogens (primary N) is 1. The summed E-state index contributed by atoms with van der Waals surface area (Å²) in [4.78, 5) is 12.2. The Labute approximate surface area is 117 Å². The van der Waals surface area contributed by atoms with Crippen LogP contribution in [0.5, 0.6) is 0 Å². The van der Waals surface area contributed by atoms with Crippen LogP contribution in [-0.4, -0.2) is 29.0 Å². The van der Waals surface area contributed by atoms with Crippen molar-refractivity contribution in [3.63, 3.8) is 0 Å². The minimum atomic E-state index is -0.722. The van der Waals surface area contributed by atoms with E-state index in [1.807, 2.05) is 0 Å². The third-order valence-corrected chi connectivity index (χ3v) is 4.05. The van der Waals surface area contributed by atoms with E-state index in [2.05, 4.69) is 11.8 Å². The summed E-state index contributed by atoms with van der Waals surface area (Å²) in [6.07, 6.45) is 1.88. The number of halogens is 1. The van der Waals surface area contributed by atoms with Gasteiger partial charge in [0.25, 0.3) is 0 Å². The molecule has 0 saturated carbocycles. The van der Waals surface area contributed by atoms with Crippen molar-refractivity contribution in [2.75, 3.05) is 13.1 Å². The molecule has 0 aliphatic carbocycles. The predicted octanol–water partition coefficient (Wildman–Crippen LogP) is 2.29. The van der Waals surface area contributed by atoms with Crippen LogP contribution < -0.4 is 5.73 Å². The van der Waals surface area contributed by atoms with Gasteiger partial charge in [-0.2, -0.15) is 4.39 Å². The summed E-state index contributed by atoms with van der Waals surface area (Å²) in [6, 6.07) is 4.53. The molecule has 1 aliphatic heterocycles. The van der Waals surface area contributed by atoms with Crippen molar-refractivity contribution >= 4 is 5.69 Å². The Morgan fingerprint density at radius 1 is 1.55 bits per heavy atom. The topological polar surface area (TPSA) is 72.4 Å². The van der Waals surface area contributed by atoms with Gasteiger partial charge in [-0.3, -0.25) is 15.0 Å². The van der Waals surface area contributed by atoms with Crippen LogP contribution in [0.15, 0.2) is 18.2 Å². The third-order valence-electron chi connectivity index (χ3n) is 4.05. The monoisotopic (exact) mass is 281 g/mol. The van der Waals surface area contributed by atoms with Crippen molar-refractivity contribution in [1.29, 1.82) is 0 Å². The van der Waals surface area contributed by atoms with Gasteiger partial charge in [-0.05, 0) is 18.9 Å². The lowest BCUT2D eigenvalue weighted by molar-refractivity contribution is -0.387. The summed E-state index contributed by atoms with van der Waals surface area (Å²) in [7, 11) is 0. The summed E-state index contributed by atoms with van der Waals surface area (Å²) in [5, 5.41) is 10.7. The van der Waals surface area contributed by atoms with Crippen LogP contribution in [0, 0.1) is 21.8 Å². The Bertz CT molecular complexity index is 495. The van der Waals surface area contributed by atoms with E-state index in [0.717, 1.165) is 25.9 Å². The number of likely N-dealkylation sites (tertiary alicyclic amines) is 1. The first-order valence-corrected chi connectivity index (χ1v) is 6.92.